The predicted octanol–water partition coefficient (Wildman–Crippen LogP) is -0.0130. The Balaban J connectivity index is 2.18. The van der Waals surface area contributed by atoms with E-state index in [0.29, 0.717) is 5.56 Å². The van der Waals surface area contributed by atoms with Crippen LogP contribution < -0.4 is 11.2 Å². The summed E-state index contributed by atoms with van der Waals surface area (Å²) in [6, 6.07) is 5.51. The summed E-state index contributed by atoms with van der Waals surface area (Å²) < 4.78 is 0.872. The van der Waals surface area contributed by atoms with Gasteiger partial charge in [0.25, 0.3) is 11.2 Å². The molecule has 0 bridgehead atoms. The van der Waals surface area contributed by atoms with Gasteiger partial charge in [0.1, 0.15) is 0 Å². The smallest absolute Gasteiger partial charge is 0.288 e. The van der Waals surface area contributed by atoms with Gasteiger partial charge < -0.3 is 0 Å². The van der Waals surface area contributed by atoms with Crippen LogP contribution in [0.5, 0.6) is 0 Å². The second kappa shape index (κ2) is 4.84. The minimum atomic E-state index is -0.614. The molecule has 3 rings (SSSR count). The molecule has 0 saturated heterocycles. The fourth-order valence-corrected chi connectivity index (χ4v) is 1.85. The van der Waals surface area contributed by atoms with E-state index in [9.17, 15) is 19.7 Å². The van der Waals surface area contributed by atoms with Crippen LogP contribution in [0.2, 0.25) is 0 Å². The molecule has 1 N–H and O–H groups in total. The van der Waals surface area contributed by atoms with Gasteiger partial charge in [0, 0.05) is 24.7 Å². The summed E-state index contributed by atoms with van der Waals surface area (Å²) in [5.74, 6) is 0.131. The molecule has 110 valence electrons. The molecule has 0 fully saturated rings. The summed E-state index contributed by atoms with van der Waals surface area (Å²) >= 11 is 0. The molecule has 0 aliphatic heterocycles. The Morgan fingerprint density at radius 1 is 1.18 bits per heavy atom. The van der Waals surface area contributed by atoms with Gasteiger partial charge in [-0.1, -0.05) is 0 Å². The van der Waals surface area contributed by atoms with Gasteiger partial charge in [-0.2, -0.15) is 0 Å². The molecule has 2 aromatic heterocycles. The van der Waals surface area contributed by atoms with Gasteiger partial charge in [0.05, 0.1) is 4.92 Å². The molecule has 0 aliphatic rings. The van der Waals surface area contributed by atoms with Crippen molar-refractivity contribution in [2.75, 3.05) is 0 Å². The Morgan fingerprint density at radius 2 is 1.86 bits per heavy atom. The van der Waals surface area contributed by atoms with Crippen molar-refractivity contribution in [2.24, 2.45) is 7.05 Å². The third-order valence-corrected chi connectivity index (χ3v) is 3.06. The highest BCUT2D eigenvalue weighted by atomic mass is 16.6. The number of nitro benzene ring substituents is 1. The Kier molecular flexibility index (Phi) is 2.98. The van der Waals surface area contributed by atoms with E-state index < -0.39 is 16.2 Å². The van der Waals surface area contributed by atoms with Crippen LogP contribution in [-0.2, 0) is 7.05 Å². The summed E-state index contributed by atoms with van der Waals surface area (Å²) in [5, 5.41) is 18.2. The first-order valence-corrected chi connectivity index (χ1v) is 6.06. The highest BCUT2D eigenvalue weighted by molar-refractivity contribution is 5.70. The fraction of sp³-hybridized carbons (Fsp3) is 0.0833. The van der Waals surface area contributed by atoms with E-state index in [4.69, 9.17) is 0 Å². The summed E-state index contributed by atoms with van der Waals surface area (Å²) in [6.45, 7) is 0. The molecule has 10 nitrogen and oxygen atoms in total. The minimum absolute atomic E-state index is 0.0150. The average Bonchev–Trinajstić information content (AvgIpc) is 2.52. The van der Waals surface area contributed by atoms with Crippen molar-refractivity contribution in [2.45, 2.75) is 0 Å². The van der Waals surface area contributed by atoms with Crippen molar-refractivity contribution < 1.29 is 4.92 Å². The largest absolute Gasteiger partial charge is 0.329 e. The molecule has 0 aliphatic carbocycles. The number of hydrogen-bond donors (Lipinski definition) is 1. The second-order valence-electron chi connectivity index (χ2n) is 4.43. The Hall–Kier alpha value is -3.43. The number of rotatable bonds is 2. The number of benzene rings is 1. The maximum Gasteiger partial charge on any atom is 0.329 e. The molecular formula is C12H8N6O4. The van der Waals surface area contributed by atoms with Crippen LogP contribution in [0, 0.1) is 10.1 Å². The zero-order chi connectivity index (χ0) is 15.9. The number of hydrogen-bond acceptors (Lipinski definition) is 7. The summed E-state index contributed by atoms with van der Waals surface area (Å²) in [5.41, 5.74) is -0.872. The number of non-ortho nitro benzene ring substituents is 1. The number of H-pyrrole nitrogens is 1. The third-order valence-electron chi connectivity index (χ3n) is 3.06. The van der Waals surface area contributed by atoms with Crippen LogP contribution in [0.3, 0.4) is 0 Å². The Morgan fingerprint density at radius 3 is 2.50 bits per heavy atom. The Labute approximate surface area is 121 Å². The first-order valence-electron chi connectivity index (χ1n) is 6.06. The average molecular weight is 300 g/mol. The molecule has 3 aromatic rings. The van der Waals surface area contributed by atoms with Gasteiger partial charge in [-0.05, 0) is 12.1 Å². The highest BCUT2D eigenvalue weighted by Crippen LogP contribution is 2.19. The van der Waals surface area contributed by atoms with E-state index in [1.54, 1.807) is 0 Å². The highest BCUT2D eigenvalue weighted by Gasteiger charge is 2.12. The predicted molar refractivity (Wildman–Crippen MR) is 75.3 cm³/mol. The van der Waals surface area contributed by atoms with Crippen molar-refractivity contribution in [3.63, 3.8) is 0 Å². The van der Waals surface area contributed by atoms with Crippen molar-refractivity contribution in [3.8, 4) is 11.4 Å². The number of aromatic nitrogens is 5. The van der Waals surface area contributed by atoms with Crippen molar-refractivity contribution in [1.82, 2.24) is 24.7 Å². The molecular weight excluding hydrogens is 292 g/mol. The quantitative estimate of drug-likeness (QED) is 0.519. The van der Waals surface area contributed by atoms with E-state index in [1.807, 2.05) is 0 Å². The number of nitrogens with one attached hydrogen (secondary N) is 1. The van der Waals surface area contributed by atoms with E-state index in [2.05, 4.69) is 20.2 Å². The lowest BCUT2D eigenvalue weighted by Gasteiger charge is -2.02. The summed E-state index contributed by atoms with van der Waals surface area (Å²) in [7, 11) is 1.31. The molecule has 0 spiro atoms. The molecule has 2 heterocycles. The van der Waals surface area contributed by atoms with E-state index in [1.165, 1.54) is 31.3 Å². The third kappa shape index (κ3) is 2.12. The SMILES string of the molecule is Cn1c(=O)[nH]c2nnc(-c3ccc([N+](=O)[O-])cc3)nc2c1=O. The Bertz CT molecular complexity index is 1000. The molecule has 10 heteroatoms. The minimum Gasteiger partial charge on any atom is -0.288 e. The lowest BCUT2D eigenvalue weighted by molar-refractivity contribution is -0.384. The van der Waals surface area contributed by atoms with Gasteiger partial charge in [-0.25, -0.2) is 9.78 Å². The summed E-state index contributed by atoms with van der Waals surface area (Å²) in [4.78, 5) is 40.0. The van der Waals surface area contributed by atoms with E-state index in [-0.39, 0.29) is 22.7 Å². The second-order valence-corrected chi connectivity index (χ2v) is 4.43. The molecule has 22 heavy (non-hydrogen) atoms. The number of nitrogens with zero attached hydrogens (tertiary/aromatic N) is 5. The van der Waals surface area contributed by atoms with Gasteiger partial charge >= 0.3 is 5.69 Å². The number of fused-ring (bicyclic) bond motifs is 1. The van der Waals surface area contributed by atoms with Gasteiger partial charge in [0.15, 0.2) is 17.0 Å². The van der Waals surface area contributed by atoms with Crippen LogP contribution in [0.1, 0.15) is 0 Å². The summed E-state index contributed by atoms with van der Waals surface area (Å²) in [6.07, 6.45) is 0. The van der Waals surface area contributed by atoms with Crippen LogP contribution in [-0.4, -0.2) is 29.7 Å². The topological polar surface area (TPSA) is 137 Å². The van der Waals surface area contributed by atoms with Crippen molar-refractivity contribution >= 4 is 16.9 Å². The first-order chi connectivity index (χ1) is 10.5. The maximum absolute atomic E-state index is 12.0. The lowest BCUT2D eigenvalue weighted by atomic mass is 10.2. The fourth-order valence-electron chi connectivity index (χ4n) is 1.85. The molecule has 0 amide bonds. The van der Waals surface area contributed by atoms with Gasteiger partial charge in [0.2, 0.25) is 0 Å². The zero-order valence-electron chi connectivity index (χ0n) is 11.2. The molecule has 0 saturated carbocycles. The van der Waals surface area contributed by atoms with Crippen molar-refractivity contribution in [3.05, 3.63) is 55.2 Å². The normalized spacial score (nSPS) is 10.8. The first kappa shape index (κ1) is 13.5. The molecule has 0 atom stereocenters. The van der Waals surface area contributed by atoms with Crippen LogP contribution in [0.15, 0.2) is 33.9 Å². The maximum atomic E-state index is 12.0. The van der Waals surface area contributed by atoms with Gasteiger partial charge in [-0.15, -0.1) is 10.2 Å². The van der Waals surface area contributed by atoms with Crippen LogP contribution in [0.25, 0.3) is 22.6 Å². The van der Waals surface area contributed by atoms with Gasteiger partial charge in [-0.3, -0.25) is 24.5 Å². The zero-order valence-corrected chi connectivity index (χ0v) is 11.2. The molecule has 0 radical (unpaired) electrons. The lowest BCUT2D eigenvalue weighted by Crippen LogP contribution is -2.33. The molecule has 1 aromatic carbocycles. The monoisotopic (exact) mass is 300 g/mol. The molecule has 0 unspecified atom stereocenters. The van der Waals surface area contributed by atoms with Crippen LogP contribution in [0.4, 0.5) is 5.69 Å². The van der Waals surface area contributed by atoms with E-state index in [0.717, 1.165) is 4.57 Å². The van der Waals surface area contributed by atoms with E-state index >= 15 is 0 Å². The van der Waals surface area contributed by atoms with Crippen LogP contribution >= 0.6 is 0 Å². The number of nitro groups is 1. The van der Waals surface area contributed by atoms with Crippen molar-refractivity contribution in [1.29, 1.82) is 0 Å². The number of aromatic amines is 1. The standard InChI is InChI=1S/C12H8N6O4/c1-17-11(19)8-10(14-12(17)20)16-15-9(13-8)6-2-4-7(5-3-6)18(21)22/h2-5H,1H3,(H,14,16,20).